The van der Waals surface area contributed by atoms with Gasteiger partial charge in [-0.05, 0) is 53.6 Å². The Morgan fingerprint density at radius 3 is 2.26 bits per heavy atom. The minimum Gasteiger partial charge on any atom is -0.368 e. The number of primary amides is 1. The van der Waals surface area contributed by atoms with Crippen molar-refractivity contribution in [2.75, 3.05) is 13.1 Å². The van der Waals surface area contributed by atoms with E-state index in [-0.39, 0.29) is 11.9 Å². The second kappa shape index (κ2) is 8.54. The van der Waals surface area contributed by atoms with Crippen molar-refractivity contribution in [3.63, 3.8) is 0 Å². The first-order chi connectivity index (χ1) is 8.76. The Labute approximate surface area is 119 Å². The van der Waals surface area contributed by atoms with Gasteiger partial charge in [0.05, 0.1) is 5.54 Å². The predicted octanol–water partition coefficient (Wildman–Crippen LogP) is 2.13. The summed E-state index contributed by atoms with van der Waals surface area (Å²) in [6, 6.07) is 0.593. The van der Waals surface area contributed by atoms with Gasteiger partial charge in [-0.2, -0.15) is 0 Å². The Morgan fingerprint density at radius 1 is 1.32 bits per heavy atom. The average molecular weight is 271 g/mol. The number of hydrogen-bond donors (Lipinski definition) is 2. The lowest BCUT2D eigenvalue weighted by Crippen LogP contribution is -2.58. The van der Waals surface area contributed by atoms with Crippen LogP contribution < -0.4 is 11.1 Å². The minimum atomic E-state index is -0.632. The largest absolute Gasteiger partial charge is 0.368 e. The molecule has 19 heavy (non-hydrogen) atoms. The third kappa shape index (κ3) is 6.39. The van der Waals surface area contributed by atoms with Crippen LogP contribution in [0.1, 0.15) is 60.8 Å². The summed E-state index contributed by atoms with van der Waals surface area (Å²) in [5.74, 6) is -0.264. The summed E-state index contributed by atoms with van der Waals surface area (Å²) >= 11 is 0. The van der Waals surface area contributed by atoms with Crippen LogP contribution in [0.3, 0.4) is 0 Å². The Morgan fingerprint density at radius 2 is 1.89 bits per heavy atom. The molecule has 0 aromatic rings. The summed E-state index contributed by atoms with van der Waals surface area (Å²) in [6.07, 6.45) is 3.14. The molecule has 4 heteroatoms. The lowest BCUT2D eigenvalue weighted by atomic mass is 9.91. The number of rotatable bonds is 10. The summed E-state index contributed by atoms with van der Waals surface area (Å²) in [5, 5.41) is 3.32. The van der Waals surface area contributed by atoms with Crippen molar-refractivity contribution in [1.82, 2.24) is 10.2 Å². The van der Waals surface area contributed by atoms with Gasteiger partial charge in [0, 0.05) is 12.1 Å². The molecule has 0 aromatic heterocycles. The number of nitrogens with zero attached hydrogens (tertiary/aromatic N) is 1. The van der Waals surface area contributed by atoms with Crippen LogP contribution in [0.5, 0.6) is 0 Å². The molecule has 0 spiro atoms. The maximum Gasteiger partial charge on any atom is 0.237 e. The highest BCUT2D eigenvalue weighted by atomic mass is 16.1. The Kier molecular flexibility index (Phi) is 8.26. The van der Waals surface area contributed by atoms with Gasteiger partial charge >= 0.3 is 0 Å². The van der Waals surface area contributed by atoms with E-state index in [0.29, 0.717) is 6.04 Å². The summed E-state index contributed by atoms with van der Waals surface area (Å²) in [7, 11) is 0. The van der Waals surface area contributed by atoms with E-state index in [1.165, 1.54) is 12.8 Å². The Bertz CT molecular complexity index is 268. The van der Waals surface area contributed by atoms with Crippen molar-refractivity contribution in [1.29, 1.82) is 0 Å². The highest BCUT2D eigenvalue weighted by molar-refractivity contribution is 5.84. The molecule has 0 saturated heterocycles. The fourth-order valence-corrected chi connectivity index (χ4v) is 2.64. The monoisotopic (exact) mass is 271 g/mol. The van der Waals surface area contributed by atoms with Crippen LogP contribution in [-0.4, -0.2) is 41.5 Å². The summed E-state index contributed by atoms with van der Waals surface area (Å²) < 4.78 is 0. The van der Waals surface area contributed by atoms with Crippen LogP contribution in [0.15, 0.2) is 0 Å². The molecule has 2 unspecified atom stereocenters. The Balaban J connectivity index is 4.68. The number of carbonyl (C=O) groups is 1. The van der Waals surface area contributed by atoms with Crippen LogP contribution in [0.4, 0.5) is 0 Å². The van der Waals surface area contributed by atoms with E-state index in [9.17, 15) is 4.79 Å². The standard InChI is InChI=1S/C15H33N3O/c1-7-9-10-18(8-2)13(5)11-15(6,14(16)19)17-12(3)4/h12-13,17H,7-11H2,1-6H3,(H2,16,19). The second-order valence-electron chi connectivity index (χ2n) is 6.03. The van der Waals surface area contributed by atoms with Gasteiger partial charge in [-0.3, -0.25) is 4.79 Å². The molecular weight excluding hydrogens is 238 g/mol. The SMILES string of the molecule is CCCCN(CC)C(C)CC(C)(NC(C)C)C(N)=O. The lowest BCUT2D eigenvalue weighted by Gasteiger charge is -2.36. The van der Waals surface area contributed by atoms with E-state index < -0.39 is 5.54 Å². The minimum absolute atomic E-state index is 0.246. The topological polar surface area (TPSA) is 58.4 Å². The second-order valence-corrected chi connectivity index (χ2v) is 6.03. The third-order valence-electron chi connectivity index (χ3n) is 3.68. The molecule has 114 valence electrons. The molecule has 3 N–H and O–H groups in total. The number of carbonyl (C=O) groups excluding carboxylic acids is 1. The molecule has 0 rings (SSSR count). The van der Waals surface area contributed by atoms with Gasteiger partial charge in [0.15, 0.2) is 0 Å². The third-order valence-corrected chi connectivity index (χ3v) is 3.68. The van der Waals surface area contributed by atoms with Crippen molar-refractivity contribution >= 4 is 5.91 Å². The quantitative estimate of drug-likeness (QED) is 0.640. The van der Waals surface area contributed by atoms with Crippen LogP contribution >= 0.6 is 0 Å². The molecule has 1 amide bonds. The zero-order valence-electron chi connectivity index (χ0n) is 13.6. The molecule has 0 fully saturated rings. The number of nitrogens with one attached hydrogen (secondary N) is 1. The van der Waals surface area contributed by atoms with Gasteiger partial charge in [-0.1, -0.05) is 20.3 Å². The Hall–Kier alpha value is -0.610. The smallest absolute Gasteiger partial charge is 0.237 e. The summed E-state index contributed by atoms with van der Waals surface area (Å²) in [6.45, 7) is 14.7. The molecule has 0 aliphatic rings. The molecule has 0 aromatic carbocycles. The van der Waals surface area contributed by atoms with Crippen LogP contribution in [0.2, 0.25) is 0 Å². The molecule has 4 nitrogen and oxygen atoms in total. The van der Waals surface area contributed by atoms with Crippen molar-refractivity contribution in [3.05, 3.63) is 0 Å². The molecule has 2 atom stereocenters. The van der Waals surface area contributed by atoms with Crippen molar-refractivity contribution in [3.8, 4) is 0 Å². The molecular formula is C15H33N3O. The van der Waals surface area contributed by atoms with E-state index in [4.69, 9.17) is 5.73 Å². The first-order valence-corrected chi connectivity index (χ1v) is 7.58. The van der Waals surface area contributed by atoms with E-state index in [2.05, 4.69) is 31.0 Å². The normalized spacial score (nSPS) is 16.6. The van der Waals surface area contributed by atoms with Crippen LogP contribution in [0, 0.1) is 0 Å². The fraction of sp³-hybridized carbons (Fsp3) is 0.933. The van der Waals surface area contributed by atoms with Gasteiger partial charge in [-0.25, -0.2) is 0 Å². The van der Waals surface area contributed by atoms with Gasteiger partial charge in [0.25, 0.3) is 0 Å². The highest BCUT2D eigenvalue weighted by Gasteiger charge is 2.34. The van der Waals surface area contributed by atoms with Gasteiger partial charge in [-0.15, -0.1) is 0 Å². The average Bonchev–Trinajstić information content (AvgIpc) is 2.28. The van der Waals surface area contributed by atoms with E-state index in [0.717, 1.165) is 19.5 Å². The first-order valence-electron chi connectivity index (χ1n) is 7.58. The summed E-state index contributed by atoms with van der Waals surface area (Å²) in [4.78, 5) is 14.2. The molecule has 0 saturated carbocycles. The highest BCUT2D eigenvalue weighted by Crippen LogP contribution is 2.17. The van der Waals surface area contributed by atoms with E-state index >= 15 is 0 Å². The van der Waals surface area contributed by atoms with Crippen molar-refractivity contribution in [2.24, 2.45) is 5.73 Å². The van der Waals surface area contributed by atoms with Gasteiger partial charge in [0.2, 0.25) is 5.91 Å². The summed E-state index contributed by atoms with van der Waals surface area (Å²) in [5.41, 5.74) is 4.96. The maximum absolute atomic E-state index is 11.8. The molecule has 0 bridgehead atoms. The molecule has 0 aliphatic heterocycles. The number of nitrogens with two attached hydrogens (primary N) is 1. The number of hydrogen-bond acceptors (Lipinski definition) is 3. The molecule has 0 radical (unpaired) electrons. The van der Waals surface area contributed by atoms with E-state index in [1.807, 2.05) is 20.8 Å². The van der Waals surface area contributed by atoms with E-state index in [1.54, 1.807) is 0 Å². The first kappa shape index (κ1) is 18.4. The zero-order valence-corrected chi connectivity index (χ0v) is 13.6. The molecule has 0 heterocycles. The number of unbranched alkanes of at least 4 members (excludes halogenated alkanes) is 1. The van der Waals surface area contributed by atoms with Gasteiger partial charge in [0.1, 0.15) is 0 Å². The number of amides is 1. The van der Waals surface area contributed by atoms with Crippen LogP contribution in [-0.2, 0) is 4.79 Å². The fourth-order valence-electron chi connectivity index (χ4n) is 2.64. The lowest BCUT2D eigenvalue weighted by molar-refractivity contribution is -0.124. The van der Waals surface area contributed by atoms with Crippen LogP contribution in [0.25, 0.3) is 0 Å². The maximum atomic E-state index is 11.8. The zero-order chi connectivity index (χ0) is 15.1. The van der Waals surface area contributed by atoms with Gasteiger partial charge < -0.3 is 16.0 Å². The predicted molar refractivity (Wildman–Crippen MR) is 82.1 cm³/mol. The molecule has 0 aliphatic carbocycles. The van der Waals surface area contributed by atoms with Crippen molar-refractivity contribution < 1.29 is 4.79 Å². The van der Waals surface area contributed by atoms with Crippen molar-refractivity contribution in [2.45, 2.75) is 78.4 Å².